The quantitative estimate of drug-likeness (QED) is 0.514. The second-order valence-corrected chi connectivity index (χ2v) is 6.33. The van der Waals surface area contributed by atoms with Crippen LogP contribution in [0.15, 0.2) is 53.9 Å². The van der Waals surface area contributed by atoms with Gasteiger partial charge in [-0.3, -0.25) is 0 Å². The van der Waals surface area contributed by atoms with E-state index >= 15 is 0 Å². The Morgan fingerprint density at radius 1 is 1.05 bits per heavy atom. The Kier molecular flexibility index (Phi) is 4.22. The van der Waals surface area contributed by atoms with Crippen molar-refractivity contribution in [2.75, 3.05) is 0 Å². The summed E-state index contributed by atoms with van der Waals surface area (Å²) in [7, 11) is 0. The van der Waals surface area contributed by atoms with Gasteiger partial charge in [0.1, 0.15) is 5.75 Å². The molecule has 3 aromatic rings. The van der Waals surface area contributed by atoms with Gasteiger partial charge in [0.25, 0.3) is 0 Å². The summed E-state index contributed by atoms with van der Waals surface area (Å²) in [5.41, 5.74) is 2.02. The number of fused-ring (bicyclic) bond motifs is 1. The smallest absolute Gasteiger partial charge is 0.387 e. The summed E-state index contributed by atoms with van der Waals surface area (Å²) in [5.74, 6) is 0.173. The van der Waals surface area contributed by atoms with Crippen molar-refractivity contribution in [1.29, 1.82) is 0 Å². The zero-order chi connectivity index (χ0) is 14.8. The molecule has 0 saturated heterocycles. The SMILES string of the molecule is FC(F)Oc1cccc(C(Br)c2csc3ccccc23)c1. The molecule has 0 fully saturated rings. The van der Waals surface area contributed by atoms with Crippen molar-refractivity contribution < 1.29 is 13.5 Å². The van der Waals surface area contributed by atoms with E-state index in [2.05, 4.69) is 38.2 Å². The van der Waals surface area contributed by atoms with E-state index in [1.807, 2.05) is 18.2 Å². The minimum Gasteiger partial charge on any atom is -0.435 e. The van der Waals surface area contributed by atoms with E-state index in [-0.39, 0.29) is 10.6 Å². The molecule has 5 heteroatoms. The molecule has 0 amide bonds. The van der Waals surface area contributed by atoms with E-state index < -0.39 is 6.61 Å². The van der Waals surface area contributed by atoms with E-state index in [1.165, 1.54) is 16.2 Å². The van der Waals surface area contributed by atoms with Gasteiger partial charge in [-0.05, 0) is 40.1 Å². The normalized spacial score (nSPS) is 12.8. The summed E-state index contributed by atoms with van der Waals surface area (Å²) in [6, 6.07) is 14.9. The summed E-state index contributed by atoms with van der Waals surface area (Å²) in [6.07, 6.45) is 0. The number of hydrogen-bond acceptors (Lipinski definition) is 2. The minimum atomic E-state index is -2.81. The van der Waals surface area contributed by atoms with Crippen molar-refractivity contribution in [2.45, 2.75) is 11.4 Å². The molecule has 1 atom stereocenters. The van der Waals surface area contributed by atoms with Crippen LogP contribution < -0.4 is 4.74 Å². The first-order chi connectivity index (χ1) is 10.1. The van der Waals surface area contributed by atoms with Crippen molar-refractivity contribution in [2.24, 2.45) is 0 Å². The summed E-state index contributed by atoms with van der Waals surface area (Å²) >= 11 is 5.33. The van der Waals surface area contributed by atoms with Gasteiger partial charge in [0, 0.05) is 4.70 Å². The lowest BCUT2D eigenvalue weighted by molar-refractivity contribution is -0.0498. The topological polar surface area (TPSA) is 9.23 Å². The molecule has 0 aliphatic carbocycles. The van der Waals surface area contributed by atoms with Gasteiger partial charge in [0.2, 0.25) is 0 Å². The molecule has 0 aliphatic rings. The molecule has 0 spiro atoms. The molecule has 0 N–H and O–H groups in total. The Morgan fingerprint density at radius 3 is 2.67 bits per heavy atom. The predicted molar refractivity (Wildman–Crippen MR) is 85.7 cm³/mol. The summed E-state index contributed by atoms with van der Waals surface area (Å²) in [4.78, 5) is -0.0603. The standard InChI is InChI=1S/C16H11BrF2OS/c17-15(10-4-3-5-11(8-10)20-16(18)19)13-9-21-14-7-2-1-6-12(13)14/h1-9,15-16H. The predicted octanol–water partition coefficient (Wildman–Crippen LogP) is 5.99. The van der Waals surface area contributed by atoms with Crippen molar-refractivity contribution in [1.82, 2.24) is 0 Å². The van der Waals surface area contributed by atoms with Crippen LogP contribution in [0.3, 0.4) is 0 Å². The lowest BCUT2D eigenvalue weighted by Gasteiger charge is -2.12. The fourth-order valence-electron chi connectivity index (χ4n) is 2.22. The van der Waals surface area contributed by atoms with Crippen LogP contribution in [0.2, 0.25) is 0 Å². The Balaban J connectivity index is 1.96. The van der Waals surface area contributed by atoms with Crippen LogP contribution >= 0.6 is 27.3 Å². The summed E-state index contributed by atoms with van der Waals surface area (Å²) in [6.45, 7) is -2.81. The number of alkyl halides is 3. The van der Waals surface area contributed by atoms with Crippen LogP contribution in [0.25, 0.3) is 10.1 Å². The number of benzene rings is 2. The average molecular weight is 369 g/mol. The summed E-state index contributed by atoms with van der Waals surface area (Å²) < 4.78 is 30.3. The Labute approximate surface area is 133 Å². The molecule has 1 unspecified atom stereocenters. The van der Waals surface area contributed by atoms with E-state index in [9.17, 15) is 8.78 Å². The van der Waals surface area contributed by atoms with E-state index in [4.69, 9.17) is 0 Å². The highest BCUT2D eigenvalue weighted by molar-refractivity contribution is 9.09. The third-order valence-electron chi connectivity index (χ3n) is 3.16. The van der Waals surface area contributed by atoms with Gasteiger partial charge in [-0.1, -0.05) is 46.3 Å². The molecule has 1 aromatic heterocycles. The fourth-order valence-corrected chi connectivity index (χ4v) is 4.05. The lowest BCUT2D eigenvalue weighted by Crippen LogP contribution is -2.02. The first-order valence-electron chi connectivity index (χ1n) is 6.30. The van der Waals surface area contributed by atoms with Crippen LogP contribution in [-0.2, 0) is 0 Å². The summed E-state index contributed by atoms with van der Waals surface area (Å²) in [5, 5.41) is 3.26. The molecule has 1 nitrogen and oxygen atoms in total. The molecule has 0 saturated carbocycles. The highest BCUT2D eigenvalue weighted by Gasteiger charge is 2.16. The van der Waals surface area contributed by atoms with Crippen molar-refractivity contribution in [3.63, 3.8) is 0 Å². The largest absolute Gasteiger partial charge is 0.435 e. The maximum Gasteiger partial charge on any atom is 0.387 e. The molecule has 108 valence electrons. The average Bonchev–Trinajstić information content (AvgIpc) is 2.90. The molecular weight excluding hydrogens is 358 g/mol. The van der Waals surface area contributed by atoms with Crippen molar-refractivity contribution >= 4 is 37.4 Å². The first kappa shape index (κ1) is 14.5. The molecule has 21 heavy (non-hydrogen) atoms. The molecule has 1 heterocycles. The Morgan fingerprint density at radius 2 is 1.86 bits per heavy atom. The highest BCUT2D eigenvalue weighted by Crippen LogP contribution is 2.39. The van der Waals surface area contributed by atoms with Crippen LogP contribution in [-0.4, -0.2) is 6.61 Å². The molecule has 0 aliphatic heterocycles. The van der Waals surface area contributed by atoms with Crippen molar-refractivity contribution in [3.8, 4) is 5.75 Å². The third-order valence-corrected chi connectivity index (χ3v) is 5.16. The maximum atomic E-state index is 12.3. The number of hydrogen-bond donors (Lipinski definition) is 0. The first-order valence-corrected chi connectivity index (χ1v) is 8.09. The number of thiophene rings is 1. The second kappa shape index (κ2) is 6.12. The zero-order valence-corrected chi connectivity index (χ0v) is 13.2. The fraction of sp³-hybridized carbons (Fsp3) is 0.125. The molecule has 0 bridgehead atoms. The maximum absolute atomic E-state index is 12.3. The van der Waals surface area contributed by atoms with E-state index in [0.717, 1.165) is 11.1 Å². The Bertz CT molecular complexity index is 757. The molecule has 0 radical (unpaired) electrons. The molecule has 2 aromatic carbocycles. The second-order valence-electron chi connectivity index (χ2n) is 4.50. The third kappa shape index (κ3) is 3.09. The van der Waals surface area contributed by atoms with Crippen LogP contribution in [0, 0.1) is 0 Å². The molecule has 3 rings (SSSR count). The van der Waals surface area contributed by atoms with Gasteiger partial charge in [0.15, 0.2) is 0 Å². The van der Waals surface area contributed by atoms with Crippen LogP contribution in [0.5, 0.6) is 5.75 Å². The van der Waals surface area contributed by atoms with Gasteiger partial charge >= 0.3 is 6.61 Å². The monoisotopic (exact) mass is 368 g/mol. The molecular formula is C16H11BrF2OS. The lowest BCUT2D eigenvalue weighted by atomic mass is 10.0. The van der Waals surface area contributed by atoms with Gasteiger partial charge < -0.3 is 4.74 Å². The van der Waals surface area contributed by atoms with E-state index in [1.54, 1.807) is 23.5 Å². The van der Waals surface area contributed by atoms with Gasteiger partial charge in [-0.2, -0.15) is 8.78 Å². The Hall–Kier alpha value is -1.46. The number of halogens is 3. The van der Waals surface area contributed by atoms with E-state index in [0.29, 0.717) is 0 Å². The number of rotatable bonds is 4. The van der Waals surface area contributed by atoms with Crippen LogP contribution in [0.4, 0.5) is 8.78 Å². The van der Waals surface area contributed by atoms with Gasteiger partial charge in [-0.15, -0.1) is 11.3 Å². The van der Waals surface area contributed by atoms with Crippen LogP contribution in [0.1, 0.15) is 16.0 Å². The highest BCUT2D eigenvalue weighted by atomic mass is 79.9. The van der Waals surface area contributed by atoms with Gasteiger partial charge in [-0.25, -0.2) is 0 Å². The minimum absolute atomic E-state index is 0.0603. The number of ether oxygens (including phenoxy) is 1. The zero-order valence-electron chi connectivity index (χ0n) is 10.8. The van der Waals surface area contributed by atoms with Gasteiger partial charge in [0.05, 0.1) is 4.83 Å². The van der Waals surface area contributed by atoms with Crippen molar-refractivity contribution in [3.05, 3.63) is 65.0 Å².